The lowest BCUT2D eigenvalue weighted by atomic mass is 10.0. The third kappa shape index (κ3) is 8.45. The standard InChI is InChI=1S/C28H40N4O4S/c1-30(2)20-27(34)32-15-8-12-23(32)18-31(17-22-11-7-10-21-9-5-6-13-24(21)22)19-26(33)29-25(14-16-37-4)28(35)36-3/h5-7,9-11,13,23,25H,8,12,14-20H2,1-4H3,(H,29,33)/t23?,25-/m0/s1. The Hall–Kier alpha value is -2.62. The smallest absolute Gasteiger partial charge is 0.328 e. The Morgan fingerprint density at radius 2 is 1.89 bits per heavy atom. The number of ether oxygens (including phenoxy) is 1. The fourth-order valence-electron chi connectivity index (χ4n) is 4.94. The average molecular weight is 529 g/mol. The lowest BCUT2D eigenvalue weighted by Gasteiger charge is -2.32. The minimum Gasteiger partial charge on any atom is -0.467 e. The van der Waals surface area contributed by atoms with Gasteiger partial charge in [0.25, 0.3) is 0 Å². The van der Waals surface area contributed by atoms with Gasteiger partial charge in [-0.3, -0.25) is 14.5 Å². The number of likely N-dealkylation sites (tertiary alicyclic amines) is 1. The van der Waals surface area contributed by atoms with Crippen LogP contribution < -0.4 is 5.32 Å². The van der Waals surface area contributed by atoms with Crippen molar-refractivity contribution < 1.29 is 19.1 Å². The van der Waals surface area contributed by atoms with E-state index in [9.17, 15) is 14.4 Å². The second-order valence-corrected chi connectivity index (χ2v) is 10.8. The van der Waals surface area contributed by atoms with Gasteiger partial charge in [-0.1, -0.05) is 42.5 Å². The van der Waals surface area contributed by atoms with E-state index in [0.29, 0.717) is 26.1 Å². The molecule has 2 atom stereocenters. The minimum atomic E-state index is -0.672. The maximum absolute atomic E-state index is 13.2. The van der Waals surface area contributed by atoms with Crippen LogP contribution in [0.2, 0.25) is 0 Å². The number of carbonyl (C=O) groups excluding carboxylic acids is 3. The summed E-state index contributed by atoms with van der Waals surface area (Å²) in [6.45, 7) is 2.39. The molecule has 1 N–H and O–H groups in total. The van der Waals surface area contributed by atoms with E-state index in [0.717, 1.165) is 41.5 Å². The number of fused-ring (bicyclic) bond motifs is 1. The van der Waals surface area contributed by atoms with E-state index in [-0.39, 0.29) is 24.4 Å². The number of hydrogen-bond acceptors (Lipinski definition) is 7. The molecule has 1 fully saturated rings. The summed E-state index contributed by atoms with van der Waals surface area (Å²) in [5.41, 5.74) is 1.13. The van der Waals surface area contributed by atoms with E-state index in [1.807, 2.05) is 48.4 Å². The summed E-state index contributed by atoms with van der Waals surface area (Å²) in [5.74, 6) is 0.204. The van der Waals surface area contributed by atoms with Gasteiger partial charge in [-0.25, -0.2) is 4.79 Å². The second kappa shape index (κ2) is 14.4. The number of nitrogens with zero attached hydrogens (tertiary/aromatic N) is 3. The summed E-state index contributed by atoms with van der Waals surface area (Å²) >= 11 is 1.62. The molecule has 37 heavy (non-hydrogen) atoms. The fourth-order valence-corrected chi connectivity index (χ4v) is 5.41. The van der Waals surface area contributed by atoms with Crippen molar-refractivity contribution in [3.05, 3.63) is 48.0 Å². The SMILES string of the molecule is COC(=O)[C@H](CCSC)NC(=O)CN(Cc1cccc2ccccc12)CC1CCCN1C(=O)CN(C)C. The predicted octanol–water partition coefficient (Wildman–Crippen LogP) is 2.61. The number of methoxy groups -OCH3 is 1. The van der Waals surface area contributed by atoms with E-state index in [1.165, 1.54) is 7.11 Å². The molecule has 2 aromatic carbocycles. The molecule has 2 aromatic rings. The van der Waals surface area contributed by atoms with Crippen LogP contribution in [0.4, 0.5) is 0 Å². The average Bonchev–Trinajstić information content (AvgIpc) is 3.34. The number of esters is 1. The number of hydrogen-bond donors (Lipinski definition) is 1. The molecular weight excluding hydrogens is 488 g/mol. The number of amides is 2. The highest BCUT2D eigenvalue weighted by Gasteiger charge is 2.31. The van der Waals surface area contributed by atoms with Gasteiger partial charge in [0.2, 0.25) is 11.8 Å². The molecule has 1 saturated heterocycles. The van der Waals surface area contributed by atoms with Gasteiger partial charge in [0.15, 0.2) is 0 Å². The molecule has 1 unspecified atom stereocenters. The molecule has 9 heteroatoms. The van der Waals surface area contributed by atoms with Gasteiger partial charge in [-0.15, -0.1) is 0 Å². The van der Waals surface area contributed by atoms with Crippen molar-refractivity contribution >= 4 is 40.3 Å². The first-order valence-electron chi connectivity index (χ1n) is 12.8. The summed E-state index contributed by atoms with van der Waals surface area (Å²) in [6.07, 6.45) is 4.34. The first-order chi connectivity index (χ1) is 17.8. The lowest BCUT2D eigenvalue weighted by Crippen LogP contribution is -2.50. The Morgan fingerprint density at radius 3 is 2.62 bits per heavy atom. The highest BCUT2D eigenvalue weighted by atomic mass is 32.2. The van der Waals surface area contributed by atoms with Crippen LogP contribution >= 0.6 is 11.8 Å². The summed E-state index contributed by atoms with van der Waals surface area (Å²) in [7, 11) is 5.14. The molecule has 0 aliphatic carbocycles. The van der Waals surface area contributed by atoms with Crippen molar-refractivity contribution in [2.45, 2.75) is 37.9 Å². The second-order valence-electron chi connectivity index (χ2n) is 9.85. The van der Waals surface area contributed by atoms with Crippen molar-refractivity contribution in [3.8, 4) is 0 Å². The minimum absolute atomic E-state index is 0.0446. The fraction of sp³-hybridized carbons (Fsp3) is 0.536. The number of thioether (sulfide) groups is 1. The lowest BCUT2D eigenvalue weighted by molar-refractivity contribution is -0.145. The number of nitrogens with one attached hydrogen (secondary N) is 1. The quantitative estimate of drug-likeness (QED) is 0.400. The Kier molecular flexibility index (Phi) is 11.2. The van der Waals surface area contributed by atoms with Crippen LogP contribution in [0.1, 0.15) is 24.8 Å². The van der Waals surface area contributed by atoms with Gasteiger partial charge in [-0.05, 0) is 61.7 Å². The number of carbonyl (C=O) groups is 3. The maximum atomic E-state index is 13.2. The third-order valence-electron chi connectivity index (χ3n) is 6.69. The Balaban J connectivity index is 1.80. The van der Waals surface area contributed by atoms with E-state index in [2.05, 4.69) is 34.5 Å². The molecule has 2 amide bonds. The number of likely N-dealkylation sites (N-methyl/N-ethyl adjacent to an activating group) is 1. The molecule has 1 aliphatic heterocycles. The Labute approximate surface area is 224 Å². The summed E-state index contributed by atoms with van der Waals surface area (Å²) in [5, 5.41) is 5.18. The highest BCUT2D eigenvalue weighted by Crippen LogP contribution is 2.23. The van der Waals surface area contributed by atoms with Crippen LogP contribution in [0, 0.1) is 0 Å². The van der Waals surface area contributed by atoms with Crippen molar-refractivity contribution in [3.63, 3.8) is 0 Å². The topological polar surface area (TPSA) is 82.2 Å². The van der Waals surface area contributed by atoms with E-state index >= 15 is 0 Å². The molecule has 0 radical (unpaired) electrons. The summed E-state index contributed by atoms with van der Waals surface area (Å²) in [4.78, 5) is 44.3. The van der Waals surface area contributed by atoms with Crippen molar-refractivity contribution in [1.82, 2.24) is 20.0 Å². The number of benzene rings is 2. The molecule has 1 aliphatic rings. The molecule has 0 spiro atoms. The van der Waals surface area contributed by atoms with Crippen molar-refractivity contribution in [2.24, 2.45) is 0 Å². The van der Waals surface area contributed by atoms with Crippen LogP contribution in [0.5, 0.6) is 0 Å². The van der Waals surface area contributed by atoms with Crippen LogP contribution in [-0.4, -0.2) is 104 Å². The van der Waals surface area contributed by atoms with Gasteiger partial charge in [0.05, 0.1) is 20.2 Å². The van der Waals surface area contributed by atoms with Crippen molar-refractivity contribution in [1.29, 1.82) is 0 Å². The van der Waals surface area contributed by atoms with Gasteiger partial charge in [0.1, 0.15) is 6.04 Å². The Morgan fingerprint density at radius 1 is 1.14 bits per heavy atom. The zero-order chi connectivity index (χ0) is 26.8. The van der Waals surface area contributed by atoms with E-state index in [1.54, 1.807) is 11.8 Å². The van der Waals surface area contributed by atoms with Crippen LogP contribution in [-0.2, 0) is 25.7 Å². The zero-order valence-electron chi connectivity index (χ0n) is 22.4. The molecule has 0 saturated carbocycles. The monoisotopic (exact) mass is 528 g/mol. The molecule has 8 nitrogen and oxygen atoms in total. The first-order valence-corrected chi connectivity index (χ1v) is 14.2. The molecule has 202 valence electrons. The highest BCUT2D eigenvalue weighted by molar-refractivity contribution is 7.98. The van der Waals surface area contributed by atoms with Crippen molar-refractivity contribution in [2.75, 3.05) is 59.4 Å². The number of rotatable bonds is 13. The van der Waals surface area contributed by atoms with Crippen LogP contribution in [0.25, 0.3) is 10.8 Å². The summed E-state index contributed by atoms with van der Waals surface area (Å²) < 4.78 is 4.91. The Bertz CT molecular complexity index is 1060. The molecule has 0 aromatic heterocycles. The molecular formula is C28H40N4O4S. The van der Waals surface area contributed by atoms with E-state index < -0.39 is 12.0 Å². The van der Waals surface area contributed by atoms with Crippen LogP contribution in [0.3, 0.4) is 0 Å². The first kappa shape index (κ1) is 28.9. The normalized spacial score (nSPS) is 16.4. The molecule has 3 rings (SSSR count). The van der Waals surface area contributed by atoms with Gasteiger partial charge in [-0.2, -0.15) is 11.8 Å². The largest absolute Gasteiger partial charge is 0.467 e. The zero-order valence-corrected chi connectivity index (χ0v) is 23.3. The molecule has 1 heterocycles. The van der Waals surface area contributed by atoms with Gasteiger partial charge < -0.3 is 19.9 Å². The summed E-state index contributed by atoms with van der Waals surface area (Å²) in [6, 6.07) is 13.8. The predicted molar refractivity (Wildman–Crippen MR) is 149 cm³/mol. The van der Waals surface area contributed by atoms with Crippen LogP contribution in [0.15, 0.2) is 42.5 Å². The molecule has 0 bridgehead atoms. The third-order valence-corrected chi connectivity index (χ3v) is 7.33. The maximum Gasteiger partial charge on any atom is 0.328 e. The van der Waals surface area contributed by atoms with E-state index in [4.69, 9.17) is 4.74 Å². The van der Waals surface area contributed by atoms with Gasteiger partial charge >= 0.3 is 5.97 Å². The van der Waals surface area contributed by atoms with Gasteiger partial charge in [0, 0.05) is 25.7 Å².